The van der Waals surface area contributed by atoms with E-state index in [9.17, 15) is 0 Å². The zero-order chi connectivity index (χ0) is 5.82. The van der Waals surface area contributed by atoms with Crippen LogP contribution >= 0.6 is 12.2 Å². The van der Waals surface area contributed by atoms with Crippen LogP contribution in [0.1, 0.15) is 12.8 Å². The maximum Gasteiger partial charge on any atom is 0.0786 e. The summed E-state index contributed by atoms with van der Waals surface area (Å²) in [7, 11) is 0. The molecule has 1 nitrogen and oxygen atoms in total. The van der Waals surface area contributed by atoms with Crippen LogP contribution in [-0.2, 0) is 0 Å². The standard InChI is InChI=1S/C6H7NS/c8-5-7-6-3-1-2-4-6/h1,3,6H,2,4H2. The van der Waals surface area contributed by atoms with Crippen molar-refractivity contribution in [1.82, 2.24) is 0 Å². The molecule has 0 aromatic carbocycles. The minimum Gasteiger partial charge on any atom is -0.225 e. The summed E-state index contributed by atoms with van der Waals surface area (Å²) in [6, 6.07) is 0.340. The number of aliphatic imine (C=N–C) groups is 1. The van der Waals surface area contributed by atoms with Gasteiger partial charge in [-0.1, -0.05) is 12.2 Å². The number of hydrogen-bond acceptors (Lipinski definition) is 2. The first kappa shape index (κ1) is 5.67. The number of thiocarbonyl (C=S) groups is 1. The number of hydrogen-bond donors (Lipinski definition) is 0. The summed E-state index contributed by atoms with van der Waals surface area (Å²) in [6.45, 7) is 0. The van der Waals surface area contributed by atoms with Crippen LogP contribution in [0.15, 0.2) is 17.1 Å². The predicted octanol–water partition coefficient (Wildman–Crippen LogP) is 1.81. The Morgan fingerprint density at radius 1 is 1.75 bits per heavy atom. The molecule has 1 aliphatic rings. The van der Waals surface area contributed by atoms with E-state index in [4.69, 9.17) is 0 Å². The molecule has 0 aromatic heterocycles. The monoisotopic (exact) mass is 125 g/mol. The minimum atomic E-state index is 0.340. The second-order valence-corrected chi connectivity index (χ2v) is 1.98. The van der Waals surface area contributed by atoms with Gasteiger partial charge in [0.2, 0.25) is 0 Å². The van der Waals surface area contributed by atoms with Crippen molar-refractivity contribution in [3.63, 3.8) is 0 Å². The van der Waals surface area contributed by atoms with E-state index in [2.05, 4.69) is 34.5 Å². The molecular formula is C6H7NS. The van der Waals surface area contributed by atoms with Crippen LogP contribution < -0.4 is 0 Å². The van der Waals surface area contributed by atoms with Crippen LogP contribution in [-0.4, -0.2) is 11.2 Å². The highest BCUT2D eigenvalue weighted by Gasteiger charge is 2.04. The van der Waals surface area contributed by atoms with Gasteiger partial charge in [-0.05, 0) is 25.1 Å². The Balaban J connectivity index is 2.48. The first-order valence-electron chi connectivity index (χ1n) is 2.67. The van der Waals surface area contributed by atoms with Gasteiger partial charge in [0.1, 0.15) is 0 Å². The molecule has 8 heavy (non-hydrogen) atoms. The summed E-state index contributed by atoms with van der Waals surface area (Å²) in [5.41, 5.74) is 0. The van der Waals surface area contributed by atoms with E-state index in [0.29, 0.717) is 6.04 Å². The molecule has 0 amide bonds. The molecule has 0 saturated heterocycles. The average molecular weight is 125 g/mol. The van der Waals surface area contributed by atoms with Gasteiger partial charge >= 0.3 is 0 Å². The average Bonchev–Trinajstić information content (AvgIpc) is 2.19. The van der Waals surface area contributed by atoms with Gasteiger partial charge in [-0.3, -0.25) is 0 Å². The predicted molar refractivity (Wildman–Crippen MR) is 37.2 cm³/mol. The van der Waals surface area contributed by atoms with Gasteiger partial charge in [0.25, 0.3) is 0 Å². The van der Waals surface area contributed by atoms with Crippen LogP contribution in [0.4, 0.5) is 0 Å². The molecule has 1 unspecified atom stereocenters. The van der Waals surface area contributed by atoms with E-state index < -0.39 is 0 Å². The topological polar surface area (TPSA) is 12.4 Å². The zero-order valence-corrected chi connectivity index (χ0v) is 5.32. The van der Waals surface area contributed by atoms with Crippen LogP contribution in [0.3, 0.4) is 0 Å². The van der Waals surface area contributed by atoms with Crippen molar-refractivity contribution in [2.24, 2.45) is 4.99 Å². The van der Waals surface area contributed by atoms with Crippen LogP contribution in [0.2, 0.25) is 0 Å². The Kier molecular flexibility index (Phi) is 1.95. The summed E-state index contributed by atoms with van der Waals surface area (Å²) in [5.74, 6) is 0. The molecule has 0 aliphatic heterocycles. The number of rotatable bonds is 1. The maximum absolute atomic E-state index is 4.44. The Hall–Kier alpha value is -0.460. The quantitative estimate of drug-likeness (QED) is 0.296. The number of nitrogens with zero attached hydrogens (tertiary/aromatic N) is 1. The molecule has 0 bridgehead atoms. The number of allylic oxidation sites excluding steroid dienone is 1. The lowest BCUT2D eigenvalue weighted by Crippen LogP contribution is -1.90. The van der Waals surface area contributed by atoms with Crippen molar-refractivity contribution < 1.29 is 0 Å². The summed E-state index contributed by atoms with van der Waals surface area (Å²) >= 11 is 4.44. The van der Waals surface area contributed by atoms with Crippen LogP contribution in [0, 0.1) is 0 Å². The molecular weight excluding hydrogens is 118 g/mol. The zero-order valence-electron chi connectivity index (χ0n) is 4.50. The van der Waals surface area contributed by atoms with Crippen LogP contribution in [0.25, 0.3) is 0 Å². The number of isothiocyanates is 1. The van der Waals surface area contributed by atoms with E-state index >= 15 is 0 Å². The fourth-order valence-electron chi connectivity index (χ4n) is 0.792. The van der Waals surface area contributed by atoms with E-state index in [1.54, 1.807) is 0 Å². The fraction of sp³-hybridized carbons (Fsp3) is 0.500. The second kappa shape index (κ2) is 2.75. The SMILES string of the molecule is S=C=NC1C=CCC1. The van der Waals surface area contributed by atoms with Gasteiger partial charge in [0.15, 0.2) is 0 Å². The Morgan fingerprint density at radius 3 is 3.12 bits per heavy atom. The van der Waals surface area contributed by atoms with E-state index in [1.165, 1.54) is 0 Å². The third-order valence-electron chi connectivity index (χ3n) is 1.21. The molecule has 1 aliphatic carbocycles. The highest BCUT2D eigenvalue weighted by Crippen LogP contribution is 2.11. The van der Waals surface area contributed by atoms with Gasteiger partial charge in [0, 0.05) is 0 Å². The van der Waals surface area contributed by atoms with Crippen molar-refractivity contribution in [1.29, 1.82) is 0 Å². The molecule has 0 radical (unpaired) electrons. The van der Waals surface area contributed by atoms with Crippen molar-refractivity contribution in [3.05, 3.63) is 12.2 Å². The maximum atomic E-state index is 4.44. The molecule has 2 heteroatoms. The first-order valence-corrected chi connectivity index (χ1v) is 3.08. The highest BCUT2D eigenvalue weighted by molar-refractivity contribution is 7.78. The van der Waals surface area contributed by atoms with Crippen molar-refractivity contribution in [3.8, 4) is 0 Å². The minimum absolute atomic E-state index is 0.340. The lowest BCUT2D eigenvalue weighted by Gasteiger charge is -1.91. The van der Waals surface area contributed by atoms with E-state index in [-0.39, 0.29) is 0 Å². The Bertz CT molecular complexity index is 145. The third kappa shape index (κ3) is 1.25. The van der Waals surface area contributed by atoms with Gasteiger partial charge in [-0.15, -0.1) is 0 Å². The van der Waals surface area contributed by atoms with Crippen molar-refractivity contribution in [2.45, 2.75) is 18.9 Å². The van der Waals surface area contributed by atoms with E-state index in [1.807, 2.05) is 0 Å². The summed E-state index contributed by atoms with van der Waals surface area (Å²) in [4.78, 5) is 3.90. The molecule has 0 saturated carbocycles. The smallest absolute Gasteiger partial charge is 0.0786 e. The molecule has 0 heterocycles. The largest absolute Gasteiger partial charge is 0.225 e. The van der Waals surface area contributed by atoms with Crippen molar-refractivity contribution in [2.75, 3.05) is 0 Å². The second-order valence-electron chi connectivity index (χ2n) is 1.79. The summed E-state index contributed by atoms with van der Waals surface area (Å²) in [5, 5.41) is 2.37. The molecule has 0 aromatic rings. The molecule has 1 rings (SSSR count). The van der Waals surface area contributed by atoms with Crippen LogP contribution in [0.5, 0.6) is 0 Å². The van der Waals surface area contributed by atoms with Gasteiger partial charge in [-0.2, -0.15) is 0 Å². The lowest BCUT2D eigenvalue weighted by atomic mass is 10.3. The normalized spacial score (nSPS) is 25.2. The molecule has 0 fully saturated rings. The molecule has 42 valence electrons. The van der Waals surface area contributed by atoms with Crippen molar-refractivity contribution >= 4 is 17.4 Å². The molecule has 0 N–H and O–H groups in total. The Labute approximate surface area is 54.1 Å². The first-order chi connectivity index (χ1) is 3.93. The lowest BCUT2D eigenvalue weighted by molar-refractivity contribution is 0.787. The summed E-state index contributed by atoms with van der Waals surface area (Å²) < 4.78 is 0. The van der Waals surface area contributed by atoms with Gasteiger partial charge in [0.05, 0.1) is 11.2 Å². The van der Waals surface area contributed by atoms with Gasteiger partial charge < -0.3 is 0 Å². The Morgan fingerprint density at radius 2 is 2.62 bits per heavy atom. The third-order valence-corrected chi connectivity index (χ3v) is 1.31. The summed E-state index contributed by atoms with van der Waals surface area (Å²) in [6.07, 6.45) is 6.45. The fourth-order valence-corrected chi connectivity index (χ4v) is 0.927. The highest BCUT2D eigenvalue weighted by atomic mass is 32.1. The molecule has 0 spiro atoms. The van der Waals surface area contributed by atoms with E-state index in [0.717, 1.165) is 12.8 Å². The van der Waals surface area contributed by atoms with Gasteiger partial charge in [-0.25, -0.2) is 4.99 Å². The molecule has 1 atom stereocenters.